The van der Waals surface area contributed by atoms with Gasteiger partial charge in [-0.05, 0) is 18.2 Å². The van der Waals surface area contributed by atoms with Gasteiger partial charge in [0.25, 0.3) is 0 Å². The molecule has 0 aliphatic rings. The molecule has 0 saturated heterocycles. The second kappa shape index (κ2) is 4.44. The van der Waals surface area contributed by atoms with Crippen LogP contribution in [0.25, 0.3) is 0 Å². The van der Waals surface area contributed by atoms with Crippen LogP contribution in [-0.4, -0.2) is 5.12 Å². The van der Waals surface area contributed by atoms with E-state index in [2.05, 4.69) is 0 Å². The van der Waals surface area contributed by atoms with Gasteiger partial charge in [0.05, 0.1) is 5.03 Å². The van der Waals surface area contributed by atoms with Gasteiger partial charge in [-0.25, -0.2) is 0 Å². The molecular weight excluding hydrogens is 134 g/mol. The predicted molar refractivity (Wildman–Crippen MR) is 40.8 cm³/mol. The average molecular weight is 145 g/mol. The van der Waals surface area contributed by atoms with E-state index in [1.807, 2.05) is 13.0 Å². The molecule has 0 bridgehead atoms. The highest BCUT2D eigenvalue weighted by atomic mass is 32.2. The van der Waals surface area contributed by atoms with Gasteiger partial charge in [0.1, 0.15) is 0 Å². The monoisotopic (exact) mass is 145 g/mol. The van der Waals surface area contributed by atoms with Crippen molar-refractivity contribution in [2.24, 2.45) is 5.73 Å². The van der Waals surface area contributed by atoms with Gasteiger partial charge in [-0.3, -0.25) is 4.79 Å². The summed E-state index contributed by atoms with van der Waals surface area (Å²) in [6.07, 6.45) is 2.71. The zero-order valence-electron chi connectivity index (χ0n) is 5.68. The molecule has 0 radical (unpaired) electrons. The highest BCUT2D eigenvalue weighted by molar-refractivity contribution is 8.16. The molecule has 0 rings (SSSR count). The molecule has 0 aliphatic carbocycles. The van der Waals surface area contributed by atoms with E-state index >= 15 is 0 Å². The van der Waals surface area contributed by atoms with Crippen molar-refractivity contribution in [3.05, 3.63) is 11.1 Å². The summed E-state index contributed by atoms with van der Waals surface area (Å²) >= 11 is 1.08. The lowest BCUT2D eigenvalue weighted by Crippen LogP contribution is -1.94. The molecule has 0 unspecified atom stereocenters. The average Bonchev–Trinajstić information content (AvgIpc) is 1.63. The fourth-order valence-electron chi connectivity index (χ4n) is 0.409. The lowest BCUT2D eigenvalue weighted by atomic mass is 10.5. The zero-order chi connectivity index (χ0) is 7.28. The second-order valence-corrected chi connectivity index (χ2v) is 2.86. The molecule has 0 fully saturated rings. The Labute approximate surface area is 59.5 Å². The largest absolute Gasteiger partial charge is 0.393 e. The summed E-state index contributed by atoms with van der Waals surface area (Å²) in [5.74, 6) is 0. The molecule has 0 spiro atoms. The third-order valence-electron chi connectivity index (χ3n) is 0.667. The molecule has 0 atom stereocenters. The maximum atomic E-state index is 10.4. The van der Waals surface area contributed by atoms with Crippen LogP contribution in [0.3, 0.4) is 0 Å². The number of carbonyl (C=O) groups is 1. The highest BCUT2D eigenvalue weighted by Gasteiger charge is 1.93. The minimum atomic E-state index is 0.0391. The SMILES string of the molecule is CC/C=C(/N)SC(C)=O. The summed E-state index contributed by atoms with van der Waals surface area (Å²) in [7, 11) is 0. The highest BCUT2D eigenvalue weighted by Crippen LogP contribution is 2.09. The topological polar surface area (TPSA) is 43.1 Å². The Morgan fingerprint density at radius 1 is 1.78 bits per heavy atom. The maximum Gasteiger partial charge on any atom is 0.191 e. The van der Waals surface area contributed by atoms with Crippen LogP contribution in [0.15, 0.2) is 11.1 Å². The van der Waals surface area contributed by atoms with Crippen molar-refractivity contribution >= 4 is 16.9 Å². The molecule has 0 aliphatic heterocycles. The molecule has 0 aromatic heterocycles. The van der Waals surface area contributed by atoms with Crippen molar-refractivity contribution in [1.29, 1.82) is 0 Å². The van der Waals surface area contributed by atoms with E-state index in [1.54, 1.807) is 0 Å². The minimum absolute atomic E-state index is 0.0391. The van der Waals surface area contributed by atoms with Gasteiger partial charge in [0.2, 0.25) is 0 Å². The van der Waals surface area contributed by atoms with Gasteiger partial charge in [-0.1, -0.05) is 13.0 Å². The van der Waals surface area contributed by atoms with Crippen LogP contribution in [0, 0.1) is 0 Å². The Bertz CT molecular complexity index is 131. The summed E-state index contributed by atoms with van der Waals surface area (Å²) in [5.41, 5.74) is 5.39. The van der Waals surface area contributed by atoms with Gasteiger partial charge >= 0.3 is 0 Å². The molecule has 3 heteroatoms. The van der Waals surface area contributed by atoms with E-state index in [-0.39, 0.29) is 5.12 Å². The van der Waals surface area contributed by atoms with Crippen molar-refractivity contribution in [2.75, 3.05) is 0 Å². The quantitative estimate of drug-likeness (QED) is 0.640. The fourth-order valence-corrected chi connectivity index (χ4v) is 0.991. The molecule has 0 heterocycles. The van der Waals surface area contributed by atoms with E-state index in [4.69, 9.17) is 5.73 Å². The Balaban J connectivity index is 3.62. The van der Waals surface area contributed by atoms with Crippen molar-refractivity contribution in [3.63, 3.8) is 0 Å². The summed E-state index contributed by atoms with van der Waals surface area (Å²) in [6.45, 7) is 3.48. The normalized spacial score (nSPS) is 11.6. The van der Waals surface area contributed by atoms with E-state index in [9.17, 15) is 4.79 Å². The lowest BCUT2D eigenvalue weighted by Gasteiger charge is -1.92. The minimum Gasteiger partial charge on any atom is -0.393 e. The zero-order valence-corrected chi connectivity index (χ0v) is 6.49. The molecule has 0 amide bonds. The number of nitrogens with two attached hydrogens (primary N) is 1. The molecule has 2 nitrogen and oxygen atoms in total. The van der Waals surface area contributed by atoms with Gasteiger partial charge < -0.3 is 5.73 Å². The Hall–Kier alpha value is -0.440. The predicted octanol–water partition coefficient (Wildman–Crippen LogP) is 1.48. The van der Waals surface area contributed by atoms with Crippen LogP contribution in [0.2, 0.25) is 0 Å². The summed E-state index contributed by atoms with van der Waals surface area (Å²) in [4.78, 5) is 10.4. The number of hydrogen-bond donors (Lipinski definition) is 1. The maximum absolute atomic E-state index is 10.4. The molecule has 52 valence electrons. The third kappa shape index (κ3) is 5.43. The molecule has 0 aromatic rings. The van der Waals surface area contributed by atoms with E-state index < -0.39 is 0 Å². The third-order valence-corrected chi connectivity index (χ3v) is 1.36. The first-order valence-electron chi connectivity index (χ1n) is 2.81. The Kier molecular flexibility index (Phi) is 4.22. The number of allylic oxidation sites excluding steroid dienone is 1. The number of rotatable bonds is 2. The van der Waals surface area contributed by atoms with Gasteiger partial charge in [0.15, 0.2) is 5.12 Å². The van der Waals surface area contributed by atoms with Crippen LogP contribution in [0.1, 0.15) is 20.3 Å². The lowest BCUT2D eigenvalue weighted by molar-refractivity contribution is -0.109. The van der Waals surface area contributed by atoms with Crippen molar-refractivity contribution in [3.8, 4) is 0 Å². The number of hydrogen-bond acceptors (Lipinski definition) is 3. The molecule has 2 N–H and O–H groups in total. The summed E-state index contributed by atoms with van der Waals surface area (Å²) in [6, 6.07) is 0. The molecule has 0 aromatic carbocycles. The van der Waals surface area contributed by atoms with Crippen molar-refractivity contribution < 1.29 is 4.79 Å². The van der Waals surface area contributed by atoms with Crippen LogP contribution < -0.4 is 5.73 Å². The van der Waals surface area contributed by atoms with Gasteiger partial charge in [-0.2, -0.15) is 0 Å². The van der Waals surface area contributed by atoms with Gasteiger partial charge in [0, 0.05) is 6.92 Å². The standard InChI is InChI=1S/C6H11NOS/c1-3-4-6(7)9-5(2)8/h4H,3,7H2,1-2H3/b6-4-. The summed E-state index contributed by atoms with van der Waals surface area (Å²) in [5, 5.41) is 0.641. The van der Waals surface area contributed by atoms with E-state index in [0.717, 1.165) is 18.2 Å². The molecule has 9 heavy (non-hydrogen) atoms. The fraction of sp³-hybridized carbons (Fsp3) is 0.500. The van der Waals surface area contributed by atoms with Crippen LogP contribution >= 0.6 is 11.8 Å². The van der Waals surface area contributed by atoms with Crippen LogP contribution in [0.5, 0.6) is 0 Å². The summed E-state index contributed by atoms with van der Waals surface area (Å²) < 4.78 is 0. The van der Waals surface area contributed by atoms with Crippen molar-refractivity contribution in [2.45, 2.75) is 20.3 Å². The van der Waals surface area contributed by atoms with Gasteiger partial charge in [-0.15, -0.1) is 0 Å². The van der Waals surface area contributed by atoms with E-state index in [1.165, 1.54) is 6.92 Å². The van der Waals surface area contributed by atoms with Crippen LogP contribution in [-0.2, 0) is 4.79 Å². The number of carbonyl (C=O) groups excluding carboxylic acids is 1. The first-order valence-corrected chi connectivity index (χ1v) is 3.62. The first-order chi connectivity index (χ1) is 4.16. The van der Waals surface area contributed by atoms with E-state index in [0.29, 0.717) is 5.03 Å². The smallest absolute Gasteiger partial charge is 0.191 e. The molecule has 0 saturated carbocycles. The van der Waals surface area contributed by atoms with Crippen LogP contribution in [0.4, 0.5) is 0 Å². The Morgan fingerprint density at radius 2 is 2.33 bits per heavy atom. The Morgan fingerprint density at radius 3 is 2.67 bits per heavy atom. The second-order valence-electron chi connectivity index (χ2n) is 1.61. The molecular formula is C6H11NOS. The first kappa shape index (κ1) is 8.56. The van der Waals surface area contributed by atoms with Crippen molar-refractivity contribution in [1.82, 2.24) is 0 Å². The number of thioether (sulfide) groups is 1.